The Hall–Kier alpha value is -0.860. The third-order valence-corrected chi connectivity index (χ3v) is 3.43. The lowest BCUT2D eigenvalue weighted by Crippen LogP contribution is -2.29. The van der Waals surface area contributed by atoms with Crippen LogP contribution in [-0.2, 0) is 4.74 Å². The second-order valence-electron chi connectivity index (χ2n) is 5.05. The highest BCUT2D eigenvalue weighted by Crippen LogP contribution is 2.30. The topological polar surface area (TPSA) is 35.2 Å². The van der Waals surface area contributed by atoms with Gasteiger partial charge in [-0.2, -0.15) is 0 Å². The Kier molecular flexibility index (Phi) is 3.31. The summed E-state index contributed by atoms with van der Waals surface area (Å²) in [5, 5.41) is 0. The number of rotatable bonds is 2. The molecule has 2 N–H and O–H groups in total. The molecule has 1 heterocycles. The summed E-state index contributed by atoms with van der Waals surface area (Å²) < 4.78 is 5.74. The molecule has 0 spiro atoms. The van der Waals surface area contributed by atoms with Crippen molar-refractivity contribution in [1.82, 2.24) is 0 Å². The number of hydrogen-bond acceptors (Lipinski definition) is 2. The molecule has 2 heteroatoms. The molecule has 0 aliphatic carbocycles. The van der Waals surface area contributed by atoms with Crippen molar-refractivity contribution in [3.63, 3.8) is 0 Å². The van der Waals surface area contributed by atoms with Crippen LogP contribution in [0, 0.1) is 19.8 Å². The van der Waals surface area contributed by atoms with Crippen molar-refractivity contribution in [1.29, 1.82) is 0 Å². The average Bonchev–Trinajstić information content (AvgIpc) is 2.62. The van der Waals surface area contributed by atoms with Crippen LogP contribution in [0.5, 0.6) is 0 Å². The Morgan fingerprint density at radius 3 is 2.38 bits per heavy atom. The van der Waals surface area contributed by atoms with Crippen LogP contribution in [0.2, 0.25) is 0 Å². The van der Waals surface area contributed by atoms with E-state index in [1.54, 1.807) is 0 Å². The lowest BCUT2D eigenvalue weighted by Gasteiger charge is -2.23. The third-order valence-electron chi connectivity index (χ3n) is 3.43. The maximum Gasteiger partial charge on any atom is 0.0793 e. The maximum atomic E-state index is 6.30. The first-order valence-electron chi connectivity index (χ1n) is 6.03. The fourth-order valence-electron chi connectivity index (χ4n) is 2.57. The predicted octanol–water partition coefficient (Wildman–Crippen LogP) is 2.73. The minimum Gasteiger partial charge on any atom is -0.376 e. The van der Waals surface area contributed by atoms with Gasteiger partial charge in [-0.15, -0.1) is 0 Å². The van der Waals surface area contributed by atoms with Crippen molar-refractivity contribution in [3.8, 4) is 0 Å². The highest BCUT2D eigenvalue weighted by molar-refractivity contribution is 5.31. The molecule has 1 saturated heterocycles. The Morgan fingerprint density at radius 2 is 1.88 bits per heavy atom. The van der Waals surface area contributed by atoms with Crippen LogP contribution < -0.4 is 5.73 Å². The second-order valence-corrected chi connectivity index (χ2v) is 5.05. The quantitative estimate of drug-likeness (QED) is 0.830. The molecule has 1 fully saturated rings. The fraction of sp³-hybridized carbons (Fsp3) is 0.571. The Labute approximate surface area is 97.8 Å². The van der Waals surface area contributed by atoms with E-state index >= 15 is 0 Å². The molecule has 3 atom stereocenters. The molecule has 1 aromatic carbocycles. The molecule has 1 aliphatic rings. The van der Waals surface area contributed by atoms with Crippen LogP contribution in [0.4, 0.5) is 0 Å². The molecule has 1 aromatic rings. The van der Waals surface area contributed by atoms with Gasteiger partial charge in [-0.3, -0.25) is 0 Å². The summed E-state index contributed by atoms with van der Waals surface area (Å²) in [7, 11) is 0. The van der Waals surface area contributed by atoms with E-state index in [1.807, 2.05) is 0 Å². The summed E-state index contributed by atoms with van der Waals surface area (Å²) in [6, 6.07) is 6.53. The summed E-state index contributed by atoms with van der Waals surface area (Å²) in [4.78, 5) is 0. The van der Waals surface area contributed by atoms with Crippen molar-refractivity contribution in [2.24, 2.45) is 11.7 Å². The van der Waals surface area contributed by atoms with Gasteiger partial charge in [-0.05, 0) is 31.7 Å². The van der Waals surface area contributed by atoms with Crippen molar-refractivity contribution in [2.45, 2.75) is 39.3 Å². The lowest BCUT2D eigenvalue weighted by atomic mass is 9.91. The van der Waals surface area contributed by atoms with Gasteiger partial charge in [0.1, 0.15) is 0 Å². The second kappa shape index (κ2) is 4.56. The molecule has 0 radical (unpaired) electrons. The molecule has 0 aromatic heterocycles. The van der Waals surface area contributed by atoms with Crippen molar-refractivity contribution in [2.75, 3.05) is 6.61 Å². The highest BCUT2D eigenvalue weighted by Gasteiger charge is 2.30. The molecule has 88 valence electrons. The number of benzene rings is 1. The SMILES string of the molecule is Cc1cc(C)cc(C(N)C2OCCC2C)c1. The van der Waals surface area contributed by atoms with Gasteiger partial charge in [0.15, 0.2) is 0 Å². The number of hydrogen-bond donors (Lipinski definition) is 1. The largest absolute Gasteiger partial charge is 0.376 e. The van der Waals surface area contributed by atoms with E-state index in [2.05, 4.69) is 39.0 Å². The molecule has 0 amide bonds. The van der Waals surface area contributed by atoms with E-state index in [1.165, 1.54) is 16.7 Å². The number of ether oxygens (including phenoxy) is 1. The molecule has 0 bridgehead atoms. The Bertz CT molecular complexity index is 355. The molecule has 16 heavy (non-hydrogen) atoms. The summed E-state index contributed by atoms with van der Waals surface area (Å²) in [6.45, 7) is 7.30. The minimum absolute atomic E-state index is 0.0103. The summed E-state index contributed by atoms with van der Waals surface area (Å²) in [5.74, 6) is 0.566. The first-order valence-corrected chi connectivity index (χ1v) is 6.03. The van der Waals surface area contributed by atoms with Gasteiger partial charge in [-0.1, -0.05) is 36.2 Å². The van der Waals surface area contributed by atoms with Crippen molar-refractivity contribution in [3.05, 3.63) is 34.9 Å². The third kappa shape index (κ3) is 2.28. The van der Waals surface area contributed by atoms with E-state index < -0.39 is 0 Å². The van der Waals surface area contributed by atoms with Gasteiger partial charge in [0.2, 0.25) is 0 Å². The first-order chi connectivity index (χ1) is 7.58. The van der Waals surface area contributed by atoms with Gasteiger partial charge >= 0.3 is 0 Å². The van der Waals surface area contributed by atoms with Crippen LogP contribution in [0.25, 0.3) is 0 Å². The first kappa shape index (κ1) is 11.6. The molecule has 2 rings (SSSR count). The van der Waals surface area contributed by atoms with Gasteiger partial charge in [0.05, 0.1) is 12.1 Å². The monoisotopic (exact) mass is 219 g/mol. The van der Waals surface area contributed by atoms with Gasteiger partial charge in [-0.25, -0.2) is 0 Å². The highest BCUT2D eigenvalue weighted by atomic mass is 16.5. The summed E-state index contributed by atoms with van der Waals surface area (Å²) >= 11 is 0. The lowest BCUT2D eigenvalue weighted by molar-refractivity contribution is 0.0724. The minimum atomic E-state index is 0.0103. The van der Waals surface area contributed by atoms with E-state index in [4.69, 9.17) is 10.5 Å². The van der Waals surface area contributed by atoms with Crippen LogP contribution in [0.3, 0.4) is 0 Å². The summed E-state index contributed by atoms with van der Waals surface area (Å²) in [5.41, 5.74) is 10.1. The van der Waals surface area contributed by atoms with Gasteiger partial charge < -0.3 is 10.5 Å². The zero-order chi connectivity index (χ0) is 11.7. The maximum absolute atomic E-state index is 6.30. The van der Waals surface area contributed by atoms with Crippen LogP contribution in [0.1, 0.15) is 36.1 Å². The zero-order valence-corrected chi connectivity index (χ0v) is 10.4. The zero-order valence-electron chi connectivity index (χ0n) is 10.4. The average molecular weight is 219 g/mol. The van der Waals surface area contributed by atoms with E-state index in [0.29, 0.717) is 5.92 Å². The predicted molar refractivity (Wildman–Crippen MR) is 66.4 cm³/mol. The molecule has 0 saturated carbocycles. The van der Waals surface area contributed by atoms with Crippen molar-refractivity contribution >= 4 is 0 Å². The Morgan fingerprint density at radius 1 is 1.25 bits per heavy atom. The van der Waals surface area contributed by atoms with E-state index in [0.717, 1.165) is 13.0 Å². The Balaban J connectivity index is 2.22. The van der Waals surface area contributed by atoms with Crippen LogP contribution in [-0.4, -0.2) is 12.7 Å². The molecular formula is C14H21NO. The van der Waals surface area contributed by atoms with Gasteiger partial charge in [0, 0.05) is 6.61 Å². The number of nitrogens with two attached hydrogens (primary N) is 1. The van der Waals surface area contributed by atoms with Crippen molar-refractivity contribution < 1.29 is 4.74 Å². The molecule has 3 unspecified atom stereocenters. The summed E-state index contributed by atoms with van der Waals surface area (Å²) in [6.07, 6.45) is 1.31. The molecular weight excluding hydrogens is 198 g/mol. The standard InChI is InChI=1S/C14H21NO/c1-9-6-10(2)8-12(7-9)13(15)14-11(3)4-5-16-14/h6-8,11,13-14H,4-5,15H2,1-3H3. The van der Waals surface area contributed by atoms with E-state index in [-0.39, 0.29) is 12.1 Å². The van der Waals surface area contributed by atoms with E-state index in [9.17, 15) is 0 Å². The van der Waals surface area contributed by atoms with Gasteiger partial charge in [0.25, 0.3) is 0 Å². The smallest absolute Gasteiger partial charge is 0.0793 e. The molecule has 2 nitrogen and oxygen atoms in total. The normalized spacial score (nSPS) is 27.0. The number of aryl methyl sites for hydroxylation is 2. The fourth-order valence-corrected chi connectivity index (χ4v) is 2.57. The van der Waals surface area contributed by atoms with Crippen LogP contribution in [0.15, 0.2) is 18.2 Å². The van der Waals surface area contributed by atoms with Crippen LogP contribution >= 0.6 is 0 Å². The molecule has 1 aliphatic heterocycles.